The number of hydrogen-bond donors (Lipinski definition) is 0. The van der Waals surface area contributed by atoms with Gasteiger partial charge in [0, 0.05) is 39.9 Å². The van der Waals surface area contributed by atoms with Crippen molar-refractivity contribution >= 4 is 16.5 Å². The Bertz CT molecular complexity index is 3050. The van der Waals surface area contributed by atoms with Crippen LogP contribution in [-0.4, -0.2) is 19.5 Å². The summed E-state index contributed by atoms with van der Waals surface area (Å²) in [6.45, 7) is 2.42. The lowest BCUT2D eigenvalue weighted by Gasteiger charge is -2.24. The van der Waals surface area contributed by atoms with Crippen molar-refractivity contribution in [1.29, 1.82) is 0 Å². The van der Waals surface area contributed by atoms with Crippen LogP contribution in [0.5, 0.6) is 0 Å². The number of allylic oxidation sites excluding steroid dienone is 4. The number of aryl methyl sites for hydroxylation is 1. The van der Waals surface area contributed by atoms with Crippen molar-refractivity contribution in [3.63, 3.8) is 0 Å². The van der Waals surface area contributed by atoms with E-state index in [1.54, 1.807) is 5.56 Å². The lowest BCUT2D eigenvalue weighted by atomic mass is 9.88. The standard InChI is InChI=1S/C54H42N4/c1-33-14-10-24-43-41-20-8-9-26-48(41)58(51(33)43)49-27-13-22-40-45-30-36(28-29-37(45)31-47(40)49)39-21-11-19-38-32-46-42(50(38)39)23-12-25-44(46)54-56-52(34-15-4-2-5-16-34)55-53(57-54)35-17-6-3-7-18-35/h2,4-6,8-9,11-13,15-23,25-30,33H,3,7,10,14,24,31-32H2,1H3. The van der Waals surface area contributed by atoms with Crippen molar-refractivity contribution in [3.8, 4) is 61.8 Å². The van der Waals surface area contributed by atoms with E-state index in [0.29, 0.717) is 11.7 Å². The summed E-state index contributed by atoms with van der Waals surface area (Å²) in [5.41, 5.74) is 22.2. The molecule has 0 saturated carbocycles. The molecule has 12 rings (SSSR count). The quantitative estimate of drug-likeness (QED) is 0.176. The van der Waals surface area contributed by atoms with E-state index in [9.17, 15) is 0 Å². The summed E-state index contributed by atoms with van der Waals surface area (Å²) >= 11 is 0. The van der Waals surface area contributed by atoms with Gasteiger partial charge in [-0.3, -0.25) is 0 Å². The van der Waals surface area contributed by atoms with Gasteiger partial charge in [-0.2, -0.15) is 0 Å². The van der Waals surface area contributed by atoms with Crippen molar-refractivity contribution in [3.05, 3.63) is 185 Å². The summed E-state index contributed by atoms with van der Waals surface area (Å²) in [6.07, 6.45) is 14.1. The second-order valence-corrected chi connectivity index (χ2v) is 16.5. The van der Waals surface area contributed by atoms with Gasteiger partial charge in [-0.05, 0) is 124 Å². The molecule has 2 heterocycles. The van der Waals surface area contributed by atoms with E-state index in [0.717, 1.165) is 54.0 Å². The van der Waals surface area contributed by atoms with Crippen LogP contribution in [0.1, 0.15) is 77.9 Å². The van der Waals surface area contributed by atoms with Crippen molar-refractivity contribution in [2.45, 2.75) is 57.8 Å². The molecule has 1 unspecified atom stereocenters. The van der Waals surface area contributed by atoms with Crippen LogP contribution >= 0.6 is 0 Å². The highest BCUT2D eigenvalue weighted by Gasteiger charge is 2.31. The van der Waals surface area contributed by atoms with Crippen LogP contribution in [0, 0.1) is 0 Å². The Morgan fingerprint density at radius 3 is 2.26 bits per heavy atom. The Labute approximate surface area is 339 Å². The first-order valence-corrected chi connectivity index (χ1v) is 21.0. The van der Waals surface area contributed by atoms with E-state index in [1.165, 1.54) is 97.2 Å². The molecule has 0 saturated heterocycles. The molecule has 4 nitrogen and oxygen atoms in total. The molecule has 0 aliphatic heterocycles. The Morgan fingerprint density at radius 2 is 1.34 bits per heavy atom. The van der Waals surface area contributed by atoms with E-state index in [2.05, 4.69) is 139 Å². The number of benzene rings is 6. The number of rotatable bonds is 5. The van der Waals surface area contributed by atoms with Gasteiger partial charge in [0.25, 0.3) is 0 Å². The molecule has 8 aromatic rings. The second-order valence-electron chi connectivity index (χ2n) is 16.5. The van der Waals surface area contributed by atoms with E-state index in [4.69, 9.17) is 15.0 Å². The van der Waals surface area contributed by atoms with Gasteiger partial charge in [0.1, 0.15) is 0 Å². The predicted octanol–water partition coefficient (Wildman–Crippen LogP) is 13.1. The summed E-state index contributed by atoms with van der Waals surface area (Å²) in [5.74, 6) is 2.70. The molecule has 0 fully saturated rings. The summed E-state index contributed by atoms with van der Waals surface area (Å²) in [7, 11) is 0. The van der Waals surface area contributed by atoms with Crippen LogP contribution in [0.3, 0.4) is 0 Å². The summed E-state index contributed by atoms with van der Waals surface area (Å²) in [5, 5.41) is 1.42. The Balaban J connectivity index is 0.965. The first kappa shape index (κ1) is 33.5. The highest BCUT2D eigenvalue weighted by atomic mass is 15.0. The zero-order chi connectivity index (χ0) is 38.3. The monoisotopic (exact) mass is 746 g/mol. The summed E-state index contributed by atoms with van der Waals surface area (Å²) in [4.78, 5) is 15.3. The lowest BCUT2D eigenvalue weighted by molar-refractivity contribution is 0.571. The van der Waals surface area contributed by atoms with Crippen molar-refractivity contribution in [2.24, 2.45) is 0 Å². The maximum absolute atomic E-state index is 5.16. The smallest absolute Gasteiger partial charge is 0.164 e. The minimum absolute atomic E-state index is 0.537. The van der Waals surface area contributed by atoms with Crippen molar-refractivity contribution < 1.29 is 0 Å². The molecule has 4 aliphatic rings. The third-order valence-corrected chi connectivity index (χ3v) is 13.1. The molecule has 2 aromatic heterocycles. The number of nitrogens with zero attached hydrogens (tertiary/aromatic N) is 4. The van der Waals surface area contributed by atoms with Crippen LogP contribution in [-0.2, 0) is 19.3 Å². The van der Waals surface area contributed by atoms with Crippen LogP contribution < -0.4 is 0 Å². The zero-order valence-electron chi connectivity index (χ0n) is 32.7. The van der Waals surface area contributed by atoms with E-state index in [-0.39, 0.29) is 0 Å². The van der Waals surface area contributed by atoms with Gasteiger partial charge in [0.15, 0.2) is 17.5 Å². The van der Waals surface area contributed by atoms with Gasteiger partial charge in [-0.25, -0.2) is 15.0 Å². The number of hydrogen-bond acceptors (Lipinski definition) is 3. The highest BCUT2D eigenvalue weighted by Crippen LogP contribution is 2.49. The van der Waals surface area contributed by atoms with E-state index in [1.807, 2.05) is 18.2 Å². The topological polar surface area (TPSA) is 43.6 Å². The second kappa shape index (κ2) is 13.2. The van der Waals surface area contributed by atoms with Gasteiger partial charge < -0.3 is 4.57 Å². The average molecular weight is 747 g/mol. The minimum atomic E-state index is 0.537. The fourth-order valence-electron chi connectivity index (χ4n) is 10.5. The summed E-state index contributed by atoms with van der Waals surface area (Å²) < 4.78 is 2.62. The normalized spacial score (nSPS) is 16.1. The van der Waals surface area contributed by atoms with Crippen molar-refractivity contribution in [1.82, 2.24) is 19.5 Å². The fourth-order valence-corrected chi connectivity index (χ4v) is 10.5. The molecule has 4 aliphatic carbocycles. The molecular formula is C54H42N4. The minimum Gasteiger partial charge on any atom is -0.313 e. The molecule has 0 radical (unpaired) electrons. The third-order valence-electron chi connectivity index (χ3n) is 13.1. The highest BCUT2D eigenvalue weighted by molar-refractivity contribution is 5.95. The third kappa shape index (κ3) is 5.17. The molecule has 4 heteroatoms. The molecule has 0 amide bonds. The maximum Gasteiger partial charge on any atom is 0.164 e. The molecule has 58 heavy (non-hydrogen) atoms. The number of aromatic nitrogens is 4. The number of fused-ring (bicyclic) bond motifs is 9. The largest absolute Gasteiger partial charge is 0.313 e. The molecular weight excluding hydrogens is 705 g/mol. The van der Waals surface area contributed by atoms with Gasteiger partial charge in [0.05, 0.1) is 5.52 Å². The van der Waals surface area contributed by atoms with Gasteiger partial charge >= 0.3 is 0 Å². The Kier molecular flexibility index (Phi) is 7.63. The van der Waals surface area contributed by atoms with Gasteiger partial charge in [-0.1, -0.05) is 134 Å². The molecule has 278 valence electrons. The fraction of sp³-hybridized carbons (Fsp3) is 0.167. The van der Waals surface area contributed by atoms with Crippen molar-refractivity contribution in [2.75, 3.05) is 0 Å². The van der Waals surface area contributed by atoms with Crippen LogP contribution in [0.2, 0.25) is 0 Å². The molecule has 1 atom stereocenters. The first-order valence-electron chi connectivity index (χ1n) is 21.0. The average Bonchev–Trinajstić information content (AvgIpc) is 3.97. The first-order chi connectivity index (χ1) is 28.7. The zero-order valence-corrected chi connectivity index (χ0v) is 32.7. The van der Waals surface area contributed by atoms with E-state index < -0.39 is 0 Å². The van der Waals surface area contributed by atoms with Crippen LogP contribution in [0.4, 0.5) is 0 Å². The van der Waals surface area contributed by atoms with Crippen LogP contribution in [0.15, 0.2) is 146 Å². The molecule has 0 spiro atoms. The Hall–Kier alpha value is -6.65. The summed E-state index contributed by atoms with van der Waals surface area (Å²) in [6, 6.07) is 47.0. The number of para-hydroxylation sites is 1. The maximum atomic E-state index is 5.16. The van der Waals surface area contributed by atoms with Gasteiger partial charge in [-0.15, -0.1) is 0 Å². The predicted molar refractivity (Wildman–Crippen MR) is 237 cm³/mol. The van der Waals surface area contributed by atoms with Crippen LogP contribution in [0.25, 0.3) is 78.3 Å². The lowest BCUT2D eigenvalue weighted by Crippen LogP contribution is -2.12. The SMILES string of the molecule is CC1CCCc2c1n(-c1cccc3c1Cc1ccc(-c4cccc5c4-c4cccc(-c6nc(C7=CCCC=C7)nc(-c7ccccc7)n6)c4C5)cc1-3)c1ccccc21. The molecule has 0 N–H and O–H groups in total. The Morgan fingerprint density at radius 1 is 0.569 bits per heavy atom. The van der Waals surface area contributed by atoms with E-state index >= 15 is 0 Å². The molecule has 0 bridgehead atoms. The molecule has 6 aromatic carbocycles. The van der Waals surface area contributed by atoms with Gasteiger partial charge in [0.2, 0.25) is 0 Å².